The van der Waals surface area contributed by atoms with Gasteiger partial charge in [-0.3, -0.25) is 5.10 Å². The van der Waals surface area contributed by atoms with Crippen molar-refractivity contribution in [2.45, 2.75) is 53.0 Å². The van der Waals surface area contributed by atoms with Crippen LogP contribution in [0.3, 0.4) is 0 Å². The first kappa shape index (κ1) is 19.9. The van der Waals surface area contributed by atoms with Crippen LogP contribution in [-0.4, -0.2) is 23.5 Å². The van der Waals surface area contributed by atoms with Crippen LogP contribution in [0.2, 0.25) is 0 Å². The molecule has 0 saturated carbocycles. The molecule has 1 aromatic heterocycles. The third-order valence-corrected chi connectivity index (χ3v) is 4.08. The first-order chi connectivity index (χ1) is 11.3. The first-order valence-electron chi connectivity index (χ1n) is 8.26. The van der Waals surface area contributed by atoms with Gasteiger partial charge in [-0.25, -0.2) is 0 Å². The van der Waals surface area contributed by atoms with Gasteiger partial charge in [0.05, 0.1) is 5.69 Å². The topological polar surface area (TPSA) is 90.6 Å². The number of aromatic nitrogens is 2. The lowest BCUT2D eigenvalue weighted by atomic mass is 9.88. The Bertz CT molecular complexity index is 652. The number of nitrogens with one attached hydrogen (secondary N) is 3. The van der Waals surface area contributed by atoms with Crippen LogP contribution in [-0.2, 0) is 18.4 Å². The highest BCUT2D eigenvalue weighted by atomic mass is 15.1. The standard InChI is InChI=1S/C18H28N4.CH3N/c1-12-6-7-14(10-13(12)2)20-9-8-16-15(11-19)17(22-21-16)18(3,4)5;1-2/h6-7,10,20H,8-9,11,19H2,1-5H3,(H,21,22);2H,1H2. The molecule has 1 aromatic carbocycles. The summed E-state index contributed by atoms with van der Waals surface area (Å²) in [6, 6.07) is 6.46. The second-order valence-corrected chi connectivity index (χ2v) is 6.96. The molecule has 24 heavy (non-hydrogen) atoms. The molecule has 132 valence electrons. The summed E-state index contributed by atoms with van der Waals surface area (Å²) < 4.78 is 0. The maximum atomic E-state index is 5.93. The second kappa shape index (κ2) is 8.64. The quantitative estimate of drug-likeness (QED) is 0.630. The molecule has 2 aromatic rings. The van der Waals surface area contributed by atoms with E-state index in [2.05, 4.69) is 75.0 Å². The fourth-order valence-corrected chi connectivity index (χ4v) is 2.63. The molecule has 5 N–H and O–H groups in total. The predicted molar refractivity (Wildman–Crippen MR) is 103 cm³/mol. The van der Waals surface area contributed by atoms with Gasteiger partial charge in [0.1, 0.15) is 0 Å². The zero-order valence-electron chi connectivity index (χ0n) is 15.6. The average Bonchev–Trinajstić information content (AvgIpc) is 2.96. The monoisotopic (exact) mass is 329 g/mol. The van der Waals surface area contributed by atoms with Gasteiger partial charge >= 0.3 is 0 Å². The second-order valence-electron chi connectivity index (χ2n) is 6.96. The van der Waals surface area contributed by atoms with Crippen molar-refractivity contribution >= 4 is 12.4 Å². The number of aryl methyl sites for hydroxylation is 2. The van der Waals surface area contributed by atoms with Crippen molar-refractivity contribution in [2.24, 2.45) is 5.73 Å². The van der Waals surface area contributed by atoms with Gasteiger partial charge in [-0.1, -0.05) is 26.8 Å². The third-order valence-electron chi connectivity index (χ3n) is 4.08. The fourth-order valence-electron chi connectivity index (χ4n) is 2.63. The number of H-pyrrole nitrogens is 1. The molecule has 0 atom stereocenters. The fraction of sp³-hybridized carbons (Fsp3) is 0.474. The molecule has 5 nitrogen and oxygen atoms in total. The maximum Gasteiger partial charge on any atom is 0.0723 e. The van der Waals surface area contributed by atoms with E-state index in [0.717, 1.165) is 35.6 Å². The summed E-state index contributed by atoms with van der Waals surface area (Å²) in [5, 5.41) is 16.6. The predicted octanol–water partition coefficient (Wildman–Crippen LogP) is 3.70. The van der Waals surface area contributed by atoms with Gasteiger partial charge in [0.25, 0.3) is 0 Å². The normalized spacial score (nSPS) is 10.9. The molecule has 2 rings (SSSR count). The molecule has 0 saturated heterocycles. The van der Waals surface area contributed by atoms with Crippen LogP contribution in [0.25, 0.3) is 0 Å². The Morgan fingerprint density at radius 3 is 2.42 bits per heavy atom. The molecular formula is C19H31N5. The van der Waals surface area contributed by atoms with E-state index in [9.17, 15) is 0 Å². The van der Waals surface area contributed by atoms with Crippen molar-refractivity contribution in [3.63, 3.8) is 0 Å². The zero-order chi connectivity index (χ0) is 18.3. The van der Waals surface area contributed by atoms with Crippen LogP contribution in [0.15, 0.2) is 18.2 Å². The minimum Gasteiger partial charge on any atom is -0.385 e. The van der Waals surface area contributed by atoms with E-state index in [1.165, 1.54) is 11.1 Å². The summed E-state index contributed by atoms with van der Waals surface area (Å²) in [6.07, 6.45) is 0.891. The Morgan fingerprint density at radius 2 is 1.88 bits per heavy atom. The highest BCUT2D eigenvalue weighted by Crippen LogP contribution is 2.25. The van der Waals surface area contributed by atoms with Crippen molar-refractivity contribution in [2.75, 3.05) is 11.9 Å². The molecular weight excluding hydrogens is 298 g/mol. The molecule has 0 aliphatic heterocycles. The van der Waals surface area contributed by atoms with Crippen LogP contribution >= 0.6 is 0 Å². The number of rotatable bonds is 5. The Kier molecular flexibility index (Phi) is 7.17. The largest absolute Gasteiger partial charge is 0.385 e. The van der Waals surface area contributed by atoms with E-state index >= 15 is 0 Å². The van der Waals surface area contributed by atoms with E-state index in [0.29, 0.717) is 6.54 Å². The summed E-state index contributed by atoms with van der Waals surface area (Å²) in [5.74, 6) is 0. The minimum absolute atomic E-state index is 0.0188. The molecule has 0 unspecified atom stereocenters. The van der Waals surface area contributed by atoms with E-state index in [4.69, 9.17) is 11.1 Å². The van der Waals surface area contributed by atoms with Gasteiger partial charge in [0.15, 0.2) is 0 Å². The maximum absolute atomic E-state index is 5.93. The van der Waals surface area contributed by atoms with Crippen molar-refractivity contribution in [1.29, 1.82) is 5.41 Å². The average molecular weight is 329 g/mol. The van der Waals surface area contributed by atoms with Crippen LogP contribution in [0.4, 0.5) is 5.69 Å². The Balaban J connectivity index is 0.00000139. The van der Waals surface area contributed by atoms with Crippen molar-refractivity contribution in [3.8, 4) is 0 Å². The SMILES string of the molecule is C=N.Cc1ccc(NCCc2[nH]nc(C(C)(C)C)c2CN)cc1C. The highest BCUT2D eigenvalue weighted by Gasteiger charge is 2.22. The smallest absolute Gasteiger partial charge is 0.0723 e. The molecule has 0 fully saturated rings. The van der Waals surface area contributed by atoms with Gasteiger partial charge in [-0.2, -0.15) is 5.10 Å². The first-order valence-corrected chi connectivity index (χ1v) is 8.26. The molecule has 1 heterocycles. The van der Waals surface area contributed by atoms with Crippen LogP contribution in [0.1, 0.15) is 48.8 Å². The number of hydrogen-bond acceptors (Lipinski definition) is 4. The van der Waals surface area contributed by atoms with Gasteiger partial charge in [0.2, 0.25) is 0 Å². The highest BCUT2D eigenvalue weighted by molar-refractivity contribution is 5.48. The van der Waals surface area contributed by atoms with Gasteiger partial charge in [-0.15, -0.1) is 0 Å². The Morgan fingerprint density at radius 1 is 1.21 bits per heavy atom. The number of hydrogen-bond donors (Lipinski definition) is 4. The number of anilines is 1. The number of nitrogens with zero attached hydrogens (tertiary/aromatic N) is 1. The molecule has 0 amide bonds. The van der Waals surface area contributed by atoms with Gasteiger partial charge in [0, 0.05) is 41.9 Å². The van der Waals surface area contributed by atoms with Crippen molar-refractivity contribution in [1.82, 2.24) is 10.2 Å². The summed E-state index contributed by atoms with van der Waals surface area (Å²) >= 11 is 0. The van der Waals surface area contributed by atoms with Crippen LogP contribution in [0.5, 0.6) is 0 Å². The zero-order valence-corrected chi connectivity index (χ0v) is 15.6. The lowest BCUT2D eigenvalue weighted by molar-refractivity contribution is 0.560. The van der Waals surface area contributed by atoms with E-state index in [1.807, 2.05) is 0 Å². The Labute approximate surface area is 145 Å². The summed E-state index contributed by atoms with van der Waals surface area (Å²) in [6.45, 7) is 14.7. The van der Waals surface area contributed by atoms with Crippen LogP contribution < -0.4 is 11.1 Å². The van der Waals surface area contributed by atoms with Crippen LogP contribution in [0, 0.1) is 19.3 Å². The summed E-state index contributed by atoms with van der Waals surface area (Å²) in [4.78, 5) is 0. The number of benzene rings is 1. The molecule has 0 spiro atoms. The molecule has 0 radical (unpaired) electrons. The lowest BCUT2D eigenvalue weighted by Gasteiger charge is -2.17. The van der Waals surface area contributed by atoms with E-state index in [1.54, 1.807) is 0 Å². The summed E-state index contributed by atoms with van der Waals surface area (Å²) in [7, 11) is 0. The molecule has 0 aliphatic carbocycles. The van der Waals surface area contributed by atoms with Crippen molar-refractivity contribution < 1.29 is 0 Å². The number of nitrogens with two attached hydrogens (primary N) is 1. The van der Waals surface area contributed by atoms with Gasteiger partial charge in [-0.05, 0) is 43.8 Å². The summed E-state index contributed by atoms with van der Waals surface area (Å²) in [5.41, 5.74) is 13.1. The molecule has 0 bridgehead atoms. The van der Waals surface area contributed by atoms with Crippen molar-refractivity contribution in [3.05, 3.63) is 46.3 Å². The van der Waals surface area contributed by atoms with E-state index in [-0.39, 0.29) is 5.41 Å². The lowest BCUT2D eigenvalue weighted by Crippen LogP contribution is -2.16. The molecule has 5 heteroatoms. The minimum atomic E-state index is 0.0188. The van der Waals surface area contributed by atoms with Gasteiger partial charge < -0.3 is 16.5 Å². The van der Waals surface area contributed by atoms with E-state index < -0.39 is 0 Å². The molecule has 0 aliphatic rings. The third kappa shape index (κ3) is 4.93. The Hall–Kier alpha value is -2.14. The number of aromatic amines is 1.